The van der Waals surface area contributed by atoms with Gasteiger partial charge in [0.2, 0.25) is 27.7 Å². The van der Waals surface area contributed by atoms with Crippen molar-refractivity contribution in [3.63, 3.8) is 0 Å². The fourth-order valence-electron chi connectivity index (χ4n) is 4.13. The number of carbonyl (C=O) groups excluding carboxylic acids is 3. The molecule has 1 heterocycles. The van der Waals surface area contributed by atoms with Crippen LogP contribution in [0.2, 0.25) is 0 Å². The molecule has 0 unspecified atom stereocenters. The lowest BCUT2D eigenvalue weighted by Crippen LogP contribution is -2.53. The van der Waals surface area contributed by atoms with Crippen LogP contribution < -0.4 is 16.0 Å². The van der Waals surface area contributed by atoms with E-state index in [1.165, 1.54) is 30.3 Å². The quantitative estimate of drug-likeness (QED) is 0.511. The van der Waals surface area contributed by atoms with Crippen LogP contribution in [0.15, 0.2) is 53.4 Å². The number of rotatable bonds is 8. The Bertz CT molecular complexity index is 1170. The maximum atomic E-state index is 13.0. The summed E-state index contributed by atoms with van der Waals surface area (Å²) < 4.78 is 27.4. The summed E-state index contributed by atoms with van der Waals surface area (Å²) in [4.78, 5) is 36.0. The zero-order chi connectivity index (χ0) is 25.6. The Hall–Kier alpha value is -3.24. The molecule has 0 aromatic heterocycles. The molecule has 3 N–H and O–H groups in total. The molecule has 0 saturated carbocycles. The predicted molar refractivity (Wildman–Crippen MR) is 133 cm³/mol. The highest BCUT2D eigenvalue weighted by atomic mass is 32.2. The Morgan fingerprint density at radius 1 is 1.00 bits per heavy atom. The van der Waals surface area contributed by atoms with Gasteiger partial charge < -0.3 is 16.0 Å². The van der Waals surface area contributed by atoms with E-state index < -0.39 is 16.1 Å². The smallest absolute Gasteiger partial charge is 0.243 e. The van der Waals surface area contributed by atoms with Gasteiger partial charge in [0.25, 0.3) is 0 Å². The lowest BCUT2D eigenvalue weighted by molar-refractivity contribution is -0.128. The maximum Gasteiger partial charge on any atom is 0.243 e. The number of sulfonamides is 1. The summed E-state index contributed by atoms with van der Waals surface area (Å²) in [5.74, 6) is -0.802. The molecule has 2 aromatic carbocycles. The predicted octanol–water partition coefficient (Wildman–Crippen LogP) is 1.97. The van der Waals surface area contributed by atoms with Crippen LogP contribution in [0.3, 0.4) is 0 Å². The van der Waals surface area contributed by atoms with Gasteiger partial charge in [-0.2, -0.15) is 4.31 Å². The highest BCUT2D eigenvalue weighted by Crippen LogP contribution is 2.22. The molecule has 3 rings (SSSR count). The molecule has 35 heavy (non-hydrogen) atoms. The topological polar surface area (TPSA) is 125 Å². The average Bonchev–Trinajstić information content (AvgIpc) is 2.79. The number of nitrogens with zero attached hydrogens (tertiary/aromatic N) is 1. The molecule has 1 fully saturated rings. The summed E-state index contributed by atoms with van der Waals surface area (Å²) in [5.41, 5.74) is 2.55. The number of piperidine rings is 1. The molecule has 2 aromatic rings. The maximum absolute atomic E-state index is 13.0. The molecule has 0 bridgehead atoms. The monoisotopic (exact) mass is 500 g/mol. The van der Waals surface area contributed by atoms with E-state index in [0.29, 0.717) is 24.9 Å². The molecular formula is C25H32N4O5S. The van der Waals surface area contributed by atoms with Gasteiger partial charge in [0.15, 0.2) is 0 Å². The number of anilines is 1. The Morgan fingerprint density at radius 3 is 2.23 bits per heavy atom. The number of hydrogen-bond donors (Lipinski definition) is 3. The largest absolute Gasteiger partial charge is 0.351 e. The Balaban J connectivity index is 1.59. The number of carbonyl (C=O) groups is 3. The summed E-state index contributed by atoms with van der Waals surface area (Å²) in [6.45, 7) is 5.26. The molecule has 9 nitrogen and oxygen atoms in total. The second-order valence-corrected chi connectivity index (χ2v) is 10.8. The van der Waals surface area contributed by atoms with Crippen molar-refractivity contribution >= 4 is 33.4 Å². The van der Waals surface area contributed by atoms with Crippen molar-refractivity contribution in [3.05, 3.63) is 59.7 Å². The van der Waals surface area contributed by atoms with E-state index in [2.05, 4.69) is 16.0 Å². The lowest BCUT2D eigenvalue weighted by Gasteiger charge is -2.32. The first kappa shape index (κ1) is 26.4. The second kappa shape index (κ2) is 11.5. The van der Waals surface area contributed by atoms with Gasteiger partial charge in [0.05, 0.1) is 4.90 Å². The number of aryl methyl sites for hydroxylation is 1. The van der Waals surface area contributed by atoms with Crippen LogP contribution in [0.5, 0.6) is 0 Å². The third kappa shape index (κ3) is 7.37. The third-order valence-corrected chi connectivity index (χ3v) is 7.74. The molecule has 1 saturated heterocycles. The van der Waals surface area contributed by atoms with Crippen LogP contribution in [-0.4, -0.2) is 55.6 Å². The Labute approximate surface area is 206 Å². The fourth-order valence-corrected chi connectivity index (χ4v) is 5.60. The van der Waals surface area contributed by atoms with Crippen molar-refractivity contribution in [3.8, 4) is 0 Å². The molecular weight excluding hydrogens is 468 g/mol. The van der Waals surface area contributed by atoms with E-state index in [4.69, 9.17) is 0 Å². The summed E-state index contributed by atoms with van der Waals surface area (Å²) in [5, 5.41) is 8.32. The van der Waals surface area contributed by atoms with Crippen molar-refractivity contribution in [2.75, 3.05) is 18.4 Å². The lowest BCUT2D eigenvalue weighted by atomic mass is 10.0. The molecule has 0 spiro atoms. The van der Waals surface area contributed by atoms with Crippen LogP contribution in [0.4, 0.5) is 5.69 Å². The molecule has 0 aliphatic carbocycles. The van der Waals surface area contributed by atoms with Gasteiger partial charge in [-0.05, 0) is 49.6 Å². The molecule has 1 aliphatic rings. The number of amides is 3. The minimum absolute atomic E-state index is 0.151. The molecule has 0 radical (unpaired) electrons. The van der Waals surface area contributed by atoms with Crippen LogP contribution in [0.25, 0.3) is 0 Å². The van der Waals surface area contributed by atoms with E-state index in [0.717, 1.165) is 11.1 Å². The van der Waals surface area contributed by atoms with E-state index in [1.54, 1.807) is 12.1 Å². The van der Waals surface area contributed by atoms with Gasteiger partial charge in [-0.15, -0.1) is 0 Å². The normalized spacial score (nSPS) is 15.7. The van der Waals surface area contributed by atoms with Gasteiger partial charge in [0, 0.05) is 45.1 Å². The van der Waals surface area contributed by atoms with Crippen molar-refractivity contribution in [1.82, 2.24) is 14.9 Å². The number of hydrogen-bond acceptors (Lipinski definition) is 5. The van der Waals surface area contributed by atoms with Gasteiger partial charge >= 0.3 is 0 Å². The standard InChI is InChI=1S/C25H32N4O5S/c1-17-5-4-6-20(15-17)16-24(27-19(3)31)25(32)28-22-11-13-29(14-12-22)35(33,34)23-9-7-21(8-10-23)26-18(2)30/h4-10,15,22,24H,11-14,16H2,1-3H3,(H,26,30)(H,27,31)(H,28,32)/t24-/m0/s1. The van der Waals surface area contributed by atoms with Crippen LogP contribution >= 0.6 is 0 Å². The molecule has 10 heteroatoms. The van der Waals surface area contributed by atoms with Gasteiger partial charge in [-0.3, -0.25) is 14.4 Å². The summed E-state index contributed by atoms with van der Waals surface area (Å²) >= 11 is 0. The zero-order valence-corrected chi connectivity index (χ0v) is 21.0. The number of nitrogens with one attached hydrogen (secondary N) is 3. The third-order valence-electron chi connectivity index (χ3n) is 5.83. The summed E-state index contributed by atoms with van der Waals surface area (Å²) in [6, 6.07) is 12.9. The van der Waals surface area contributed by atoms with Gasteiger partial charge in [-0.25, -0.2) is 8.42 Å². The summed E-state index contributed by atoms with van der Waals surface area (Å²) in [6.07, 6.45) is 1.30. The molecule has 1 aliphatic heterocycles. The van der Waals surface area contributed by atoms with Gasteiger partial charge in [-0.1, -0.05) is 29.8 Å². The van der Waals surface area contributed by atoms with E-state index in [-0.39, 0.29) is 41.7 Å². The second-order valence-electron chi connectivity index (χ2n) is 8.84. The fraction of sp³-hybridized carbons (Fsp3) is 0.400. The first-order chi connectivity index (χ1) is 16.5. The van der Waals surface area contributed by atoms with Gasteiger partial charge in [0.1, 0.15) is 6.04 Å². The summed E-state index contributed by atoms with van der Waals surface area (Å²) in [7, 11) is -3.69. The minimum Gasteiger partial charge on any atom is -0.351 e. The highest BCUT2D eigenvalue weighted by molar-refractivity contribution is 7.89. The highest BCUT2D eigenvalue weighted by Gasteiger charge is 2.31. The Morgan fingerprint density at radius 2 is 1.66 bits per heavy atom. The minimum atomic E-state index is -3.69. The first-order valence-electron chi connectivity index (χ1n) is 11.6. The zero-order valence-electron chi connectivity index (χ0n) is 20.2. The SMILES string of the molecule is CC(=O)Nc1ccc(S(=O)(=O)N2CCC(NC(=O)[C@H](Cc3cccc(C)c3)NC(C)=O)CC2)cc1. The van der Waals surface area contributed by atoms with Crippen LogP contribution in [0.1, 0.15) is 37.8 Å². The number of benzene rings is 2. The van der Waals surface area contributed by atoms with Crippen molar-refractivity contribution in [2.24, 2.45) is 0 Å². The van der Waals surface area contributed by atoms with E-state index in [9.17, 15) is 22.8 Å². The van der Waals surface area contributed by atoms with Crippen molar-refractivity contribution < 1.29 is 22.8 Å². The van der Waals surface area contributed by atoms with Crippen molar-refractivity contribution in [2.45, 2.75) is 57.0 Å². The van der Waals surface area contributed by atoms with E-state index >= 15 is 0 Å². The van der Waals surface area contributed by atoms with Crippen LogP contribution in [-0.2, 0) is 30.8 Å². The molecule has 1 atom stereocenters. The molecule has 3 amide bonds. The molecule has 188 valence electrons. The van der Waals surface area contributed by atoms with E-state index in [1.807, 2.05) is 31.2 Å². The van der Waals surface area contributed by atoms with Crippen LogP contribution in [0, 0.1) is 6.92 Å². The first-order valence-corrected chi connectivity index (χ1v) is 13.0. The average molecular weight is 501 g/mol. The Kier molecular flexibility index (Phi) is 8.63. The van der Waals surface area contributed by atoms with Crippen molar-refractivity contribution in [1.29, 1.82) is 0 Å².